The molecule has 136 valence electrons. The van der Waals surface area contributed by atoms with Gasteiger partial charge in [0, 0.05) is 5.39 Å². The van der Waals surface area contributed by atoms with Gasteiger partial charge in [-0.1, -0.05) is 23.5 Å². The minimum absolute atomic E-state index is 0.153. The van der Waals surface area contributed by atoms with Crippen LogP contribution in [0.2, 0.25) is 0 Å². The molecule has 0 fully saturated rings. The van der Waals surface area contributed by atoms with Crippen molar-refractivity contribution in [3.05, 3.63) is 66.7 Å². The lowest BCUT2D eigenvalue weighted by Crippen LogP contribution is -1.93. The van der Waals surface area contributed by atoms with Crippen molar-refractivity contribution in [1.29, 1.82) is 0 Å². The number of ether oxygens (including phenoxy) is 1. The van der Waals surface area contributed by atoms with Gasteiger partial charge in [-0.2, -0.15) is 0 Å². The Bertz CT molecular complexity index is 1340. The Morgan fingerprint density at radius 1 is 0.929 bits per heavy atom. The molecule has 0 saturated heterocycles. The molecule has 0 spiro atoms. The number of hydrogen-bond donors (Lipinski definition) is 1. The van der Waals surface area contributed by atoms with Gasteiger partial charge in [0.15, 0.2) is 16.7 Å². The van der Waals surface area contributed by atoms with Gasteiger partial charge >= 0.3 is 0 Å². The zero-order valence-electron chi connectivity index (χ0n) is 14.3. The van der Waals surface area contributed by atoms with Crippen LogP contribution >= 0.6 is 11.3 Å². The molecule has 0 saturated carbocycles. The molecule has 0 aliphatic carbocycles. The van der Waals surface area contributed by atoms with E-state index in [1.54, 1.807) is 36.4 Å². The molecule has 0 radical (unpaired) electrons. The van der Waals surface area contributed by atoms with E-state index < -0.39 is 5.82 Å². The standard InChI is InChI=1S/C20H12FN5OS/c21-13-3-1-2-4-17(13)27-11-5-6-14-12(9-11)18(24-10-23-14)15-7-8-16-19(25-15)28-20(22)26-16/h1-10H,(H2,22,26). The fourth-order valence-corrected chi connectivity index (χ4v) is 3.63. The second-order valence-corrected chi connectivity index (χ2v) is 7.02. The van der Waals surface area contributed by atoms with Gasteiger partial charge in [-0.15, -0.1) is 0 Å². The lowest BCUT2D eigenvalue weighted by atomic mass is 10.1. The monoisotopic (exact) mass is 389 g/mol. The maximum absolute atomic E-state index is 13.9. The number of fused-ring (bicyclic) bond motifs is 2. The van der Waals surface area contributed by atoms with Gasteiger partial charge in [0.2, 0.25) is 0 Å². The number of anilines is 1. The van der Waals surface area contributed by atoms with E-state index in [0.717, 1.165) is 21.3 Å². The summed E-state index contributed by atoms with van der Waals surface area (Å²) >= 11 is 1.32. The van der Waals surface area contributed by atoms with Crippen LogP contribution in [0, 0.1) is 5.82 Å². The summed E-state index contributed by atoms with van der Waals surface area (Å²) in [6.45, 7) is 0. The number of rotatable bonds is 3. The minimum atomic E-state index is -0.429. The molecule has 0 amide bonds. The highest BCUT2D eigenvalue weighted by molar-refractivity contribution is 7.21. The molecule has 2 N–H and O–H groups in total. The molecule has 5 rings (SSSR count). The Balaban J connectivity index is 1.63. The molecule has 8 heteroatoms. The molecule has 3 aromatic heterocycles. The Kier molecular flexibility index (Phi) is 3.84. The molecule has 0 unspecified atom stereocenters. The summed E-state index contributed by atoms with van der Waals surface area (Å²) in [5, 5.41) is 1.22. The molecule has 6 nitrogen and oxygen atoms in total. The van der Waals surface area contributed by atoms with Crippen LogP contribution in [0.25, 0.3) is 32.6 Å². The normalized spacial score (nSPS) is 11.2. The maximum Gasteiger partial charge on any atom is 0.182 e. The Hall–Kier alpha value is -3.65. The molecule has 0 aliphatic rings. The van der Waals surface area contributed by atoms with Crippen LogP contribution in [0.15, 0.2) is 60.9 Å². The second-order valence-electron chi connectivity index (χ2n) is 6.01. The number of hydrogen-bond acceptors (Lipinski definition) is 7. The number of nitrogen functional groups attached to an aromatic ring is 1. The van der Waals surface area contributed by atoms with Crippen molar-refractivity contribution in [1.82, 2.24) is 19.9 Å². The van der Waals surface area contributed by atoms with Gasteiger partial charge in [0.05, 0.1) is 11.2 Å². The molecule has 0 bridgehead atoms. The Labute approximate surface area is 162 Å². The van der Waals surface area contributed by atoms with E-state index in [9.17, 15) is 4.39 Å². The molecule has 0 aliphatic heterocycles. The van der Waals surface area contributed by atoms with E-state index in [0.29, 0.717) is 22.3 Å². The van der Waals surface area contributed by atoms with Crippen molar-refractivity contribution >= 4 is 37.7 Å². The summed E-state index contributed by atoms with van der Waals surface area (Å²) in [4.78, 5) is 18.3. The zero-order chi connectivity index (χ0) is 19.1. The van der Waals surface area contributed by atoms with Gasteiger partial charge in [-0.25, -0.2) is 24.3 Å². The Morgan fingerprint density at radius 3 is 2.68 bits per heavy atom. The third-order valence-electron chi connectivity index (χ3n) is 4.19. The van der Waals surface area contributed by atoms with Gasteiger partial charge in [0.1, 0.15) is 28.1 Å². The number of halogens is 1. The topological polar surface area (TPSA) is 86.8 Å². The first-order valence-corrected chi connectivity index (χ1v) is 9.19. The van der Waals surface area contributed by atoms with Crippen molar-refractivity contribution < 1.29 is 9.13 Å². The van der Waals surface area contributed by atoms with E-state index in [2.05, 4.69) is 19.9 Å². The first kappa shape index (κ1) is 16.5. The average molecular weight is 389 g/mol. The lowest BCUT2D eigenvalue weighted by Gasteiger charge is -2.09. The highest BCUT2D eigenvalue weighted by Gasteiger charge is 2.12. The first-order chi connectivity index (χ1) is 13.7. The fraction of sp³-hybridized carbons (Fsp3) is 0. The molecule has 3 heterocycles. The maximum atomic E-state index is 13.9. The predicted octanol–water partition coefficient (Wildman–Crippen LogP) is 4.82. The van der Waals surface area contributed by atoms with Gasteiger partial charge in [-0.3, -0.25) is 0 Å². The second kappa shape index (κ2) is 6.50. The molecule has 5 aromatic rings. The van der Waals surface area contributed by atoms with E-state index in [4.69, 9.17) is 10.5 Å². The molecule has 0 atom stereocenters. The van der Waals surface area contributed by atoms with Gasteiger partial charge < -0.3 is 10.5 Å². The largest absolute Gasteiger partial charge is 0.454 e. The summed E-state index contributed by atoms with van der Waals surface area (Å²) in [7, 11) is 0. The summed E-state index contributed by atoms with van der Waals surface area (Å²) in [5.74, 6) is 0.207. The van der Waals surface area contributed by atoms with Crippen molar-refractivity contribution in [2.45, 2.75) is 0 Å². The number of aromatic nitrogens is 4. The molecular formula is C20H12FN5OS. The van der Waals surface area contributed by atoms with Gasteiger partial charge in [0.25, 0.3) is 0 Å². The van der Waals surface area contributed by atoms with Crippen LogP contribution in [0.4, 0.5) is 9.52 Å². The summed E-state index contributed by atoms with van der Waals surface area (Å²) < 4.78 is 19.6. The third-order valence-corrected chi connectivity index (χ3v) is 4.98. The van der Waals surface area contributed by atoms with E-state index in [1.807, 2.05) is 12.1 Å². The van der Waals surface area contributed by atoms with Crippen molar-refractivity contribution in [2.24, 2.45) is 0 Å². The average Bonchev–Trinajstić information content (AvgIpc) is 3.08. The number of benzene rings is 2. The van der Waals surface area contributed by atoms with Crippen LogP contribution in [0.5, 0.6) is 11.5 Å². The smallest absolute Gasteiger partial charge is 0.182 e. The molecule has 28 heavy (non-hydrogen) atoms. The summed E-state index contributed by atoms with van der Waals surface area (Å²) in [6.07, 6.45) is 1.49. The van der Waals surface area contributed by atoms with E-state index in [-0.39, 0.29) is 5.75 Å². The number of pyridine rings is 1. The predicted molar refractivity (Wildman–Crippen MR) is 107 cm³/mol. The van der Waals surface area contributed by atoms with Crippen LogP contribution in [-0.4, -0.2) is 19.9 Å². The lowest BCUT2D eigenvalue weighted by molar-refractivity contribution is 0.443. The zero-order valence-corrected chi connectivity index (χ0v) is 15.2. The van der Waals surface area contributed by atoms with Crippen LogP contribution in [-0.2, 0) is 0 Å². The third kappa shape index (κ3) is 2.89. The van der Waals surface area contributed by atoms with E-state index >= 15 is 0 Å². The minimum Gasteiger partial charge on any atom is -0.454 e. The number of thiazole rings is 1. The van der Waals surface area contributed by atoms with E-state index in [1.165, 1.54) is 23.7 Å². The van der Waals surface area contributed by atoms with Gasteiger partial charge in [-0.05, 0) is 42.5 Å². The molecule has 2 aromatic carbocycles. The Morgan fingerprint density at radius 2 is 1.79 bits per heavy atom. The number of para-hydroxylation sites is 1. The van der Waals surface area contributed by atoms with Crippen molar-refractivity contribution in [3.63, 3.8) is 0 Å². The van der Waals surface area contributed by atoms with Crippen molar-refractivity contribution in [3.8, 4) is 22.9 Å². The number of nitrogens with zero attached hydrogens (tertiary/aromatic N) is 4. The highest BCUT2D eigenvalue weighted by Crippen LogP contribution is 2.32. The van der Waals surface area contributed by atoms with Crippen LogP contribution < -0.4 is 10.5 Å². The highest BCUT2D eigenvalue weighted by atomic mass is 32.1. The van der Waals surface area contributed by atoms with Crippen LogP contribution in [0.3, 0.4) is 0 Å². The quantitative estimate of drug-likeness (QED) is 0.476. The van der Waals surface area contributed by atoms with Crippen molar-refractivity contribution in [2.75, 3.05) is 5.73 Å². The number of nitrogens with two attached hydrogens (primary N) is 1. The van der Waals surface area contributed by atoms with Crippen LogP contribution in [0.1, 0.15) is 0 Å². The fourth-order valence-electron chi connectivity index (χ4n) is 2.92. The summed E-state index contributed by atoms with van der Waals surface area (Å²) in [6, 6.07) is 15.3. The molecular weight excluding hydrogens is 377 g/mol. The summed E-state index contributed by atoms with van der Waals surface area (Å²) in [5.41, 5.74) is 8.57. The first-order valence-electron chi connectivity index (χ1n) is 8.38. The SMILES string of the molecule is Nc1nc2ccc(-c3ncnc4ccc(Oc5ccccc5F)cc34)nc2s1.